The minimum Gasteiger partial charge on any atom is -0.423 e. The highest BCUT2D eigenvalue weighted by atomic mass is 127. The molecular weight excluding hydrogens is 1150 g/mol. The van der Waals surface area contributed by atoms with Gasteiger partial charge in [-0.25, -0.2) is 9.59 Å². The minimum absolute atomic E-state index is 0.0413. The van der Waals surface area contributed by atoms with E-state index in [2.05, 4.69) is 45.2 Å². The Labute approximate surface area is 276 Å². The predicted molar refractivity (Wildman–Crippen MR) is 175 cm³/mol. The summed E-state index contributed by atoms with van der Waals surface area (Å²) < 4.78 is 46.8. The van der Waals surface area contributed by atoms with Crippen molar-refractivity contribution >= 4 is 158 Å². The van der Waals surface area contributed by atoms with E-state index in [1.54, 1.807) is 75.5 Å². The summed E-state index contributed by atoms with van der Waals surface area (Å²) in [7, 11) is -4.45. The molecule has 0 radical (unpaired) electrons. The predicted octanol–water partition coefficient (Wildman–Crippen LogP) is 7.00. The molecule has 0 atom stereocenters. The number of hydrogen-bond donors (Lipinski definition) is 1. The first kappa shape index (κ1) is 29.4. The molecule has 0 saturated carbocycles. The minimum atomic E-state index is -4.45. The number of benzene rings is 3. The molecule has 0 aliphatic carbocycles. The Bertz CT molecular complexity index is 1400. The van der Waals surface area contributed by atoms with E-state index < -0.39 is 22.1 Å². The molecule has 0 aromatic heterocycles. The molecule has 0 spiro atoms. The molecule has 3 aromatic rings. The van der Waals surface area contributed by atoms with Gasteiger partial charge in [-0.05, 0) is 160 Å². The van der Waals surface area contributed by atoms with Crippen LogP contribution in [-0.4, -0.2) is 24.9 Å². The third-order valence-electron chi connectivity index (χ3n) is 4.07. The molecule has 178 valence electrons. The zero-order valence-corrected chi connectivity index (χ0v) is 29.9. The van der Waals surface area contributed by atoms with Crippen LogP contribution in [0.1, 0.15) is 20.7 Å². The van der Waals surface area contributed by atoms with Crippen molar-refractivity contribution in [3.8, 4) is 11.5 Å². The van der Waals surface area contributed by atoms with E-state index in [4.69, 9.17) is 9.47 Å². The van der Waals surface area contributed by atoms with Gasteiger partial charge in [0.15, 0.2) is 0 Å². The topological polar surface area (TPSA) is 107 Å². The molecule has 0 aliphatic rings. The molecule has 34 heavy (non-hydrogen) atoms. The smallest absolute Gasteiger partial charge is 0.345 e. The average Bonchev–Trinajstić information content (AvgIpc) is 2.73. The molecule has 0 saturated heterocycles. The monoisotopic (exact) mass is 1150 g/mol. The molecule has 0 bridgehead atoms. The molecule has 0 fully saturated rings. The van der Waals surface area contributed by atoms with Crippen LogP contribution >= 0.6 is 136 Å². The largest absolute Gasteiger partial charge is 0.423 e. The number of carbonyl (C=O) groups excluding carboxylic acids is 2. The van der Waals surface area contributed by atoms with E-state index in [1.165, 1.54) is 12.1 Å². The fourth-order valence-electron chi connectivity index (χ4n) is 2.66. The van der Waals surface area contributed by atoms with E-state index in [0.717, 1.165) is 7.14 Å². The highest BCUT2D eigenvalue weighted by molar-refractivity contribution is 14.1. The van der Waals surface area contributed by atoms with E-state index in [-0.39, 0.29) is 28.9 Å². The average molecular weight is 1150 g/mol. The zero-order chi connectivity index (χ0) is 25.4. The molecule has 0 amide bonds. The first-order valence-electron chi connectivity index (χ1n) is 8.64. The van der Waals surface area contributed by atoms with Crippen LogP contribution in [0.2, 0.25) is 0 Å². The Kier molecular flexibility index (Phi) is 10.5. The Morgan fingerprint density at radius 2 is 1.09 bits per heavy atom. The quantitative estimate of drug-likeness (QED) is 0.0734. The third kappa shape index (κ3) is 6.66. The summed E-state index contributed by atoms with van der Waals surface area (Å²) in [4.78, 5) is 26.2. The lowest BCUT2D eigenvalue weighted by atomic mass is 10.1. The standard InChI is InChI=1S/C20H8I6O7S/c21-10-6-9(7-11(22)18(10)34(29,30)31)33-20(28)13-12(14(23)16(25)17(26)15(13)24)19(27)32-8-4-2-1-3-5-8/h1-7H,(H,29,30,31). The normalized spacial score (nSPS) is 11.3. The number of hydrogen-bond acceptors (Lipinski definition) is 6. The molecule has 14 heteroatoms. The number of carbonyl (C=O) groups is 2. The molecule has 3 rings (SSSR count). The van der Waals surface area contributed by atoms with Crippen molar-refractivity contribution in [1.29, 1.82) is 0 Å². The summed E-state index contributed by atoms with van der Waals surface area (Å²) in [5.74, 6) is -1.12. The van der Waals surface area contributed by atoms with Gasteiger partial charge in [0.05, 0.1) is 11.1 Å². The number of para-hydroxylation sites is 1. The van der Waals surface area contributed by atoms with Gasteiger partial charge in [0.25, 0.3) is 10.1 Å². The van der Waals surface area contributed by atoms with Crippen LogP contribution in [-0.2, 0) is 10.1 Å². The Morgan fingerprint density at radius 1 is 0.676 bits per heavy atom. The van der Waals surface area contributed by atoms with Gasteiger partial charge in [-0.1, -0.05) is 18.2 Å². The number of ether oxygens (including phenoxy) is 2. The van der Waals surface area contributed by atoms with Gasteiger partial charge in [0, 0.05) is 21.4 Å². The highest BCUT2D eigenvalue weighted by Gasteiger charge is 2.31. The maximum absolute atomic E-state index is 13.3. The second kappa shape index (κ2) is 12.2. The molecule has 7 nitrogen and oxygen atoms in total. The summed E-state index contributed by atoms with van der Waals surface area (Å²) in [6.07, 6.45) is 0. The fraction of sp³-hybridized carbons (Fsp3) is 0. The first-order chi connectivity index (χ1) is 15.8. The fourth-order valence-corrected chi connectivity index (χ4v) is 10.3. The molecule has 0 unspecified atom stereocenters. The van der Waals surface area contributed by atoms with Crippen molar-refractivity contribution in [3.05, 3.63) is 75.0 Å². The van der Waals surface area contributed by atoms with Crippen molar-refractivity contribution in [2.45, 2.75) is 4.90 Å². The van der Waals surface area contributed by atoms with Gasteiger partial charge in [-0.15, -0.1) is 0 Å². The molecule has 0 heterocycles. The van der Waals surface area contributed by atoms with Crippen molar-refractivity contribution in [2.24, 2.45) is 0 Å². The first-order valence-corrected chi connectivity index (χ1v) is 16.6. The van der Waals surface area contributed by atoms with Gasteiger partial charge in [-0.3, -0.25) is 4.55 Å². The van der Waals surface area contributed by atoms with Crippen LogP contribution in [0.5, 0.6) is 11.5 Å². The lowest BCUT2D eigenvalue weighted by Crippen LogP contribution is -2.22. The third-order valence-corrected chi connectivity index (χ3v) is 14.9. The summed E-state index contributed by atoms with van der Waals surface area (Å²) in [5.41, 5.74) is 0.113. The molecule has 0 aliphatic heterocycles. The van der Waals surface area contributed by atoms with E-state index in [0.29, 0.717) is 12.9 Å². The van der Waals surface area contributed by atoms with Gasteiger partial charge in [0.1, 0.15) is 16.4 Å². The lowest BCUT2D eigenvalue weighted by molar-refractivity contribution is 0.0689. The number of rotatable bonds is 5. The highest BCUT2D eigenvalue weighted by Crippen LogP contribution is 2.35. The Morgan fingerprint density at radius 3 is 1.50 bits per heavy atom. The van der Waals surface area contributed by atoms with Crippen LogP contribution in [0.4, 0.5) is 0 Å². The summed E-state index contributed by atoms with van der Waals surface area (Å²) in [6.45, 7) is 0. The lowest BCUT2D eigenvalue weighted by Gasteiger charge is -2.16. The Hall–Kier alpha value is 0.890. The van der Waals surface area contributed by atoms with E-state index in [9.17, 15) is 22.6 Å². The van der Waals surface area contributed by atoms with Gasteiger partial charge in [-0.2, -0.15) is 8.42 Å². The van der Waals surface area contributed by atoms with E-state index in [1.807, 2.05) is 45.2 Å². The van der Waals surface area contributed by atoms with Crippen molar-refractivity contribution in [3.63, 3.8) is 0 Å². The van der Waals surface area contributed by atoms with Crippen LogP contribution < -0.4 is 9.47 Å². The molecular formula is C20H8I6O7S. The Balaban J connectivity index is 2.09. The van der Waals surface area contributed by atoms with Gasteiger partial charge < -0.3 is 9.47 Å². The van der Waals surface area contributed by atoms with Crippen molar-refractivity contribution in [2.75, 3.05) is 0 Å². The van der Waals surface area contributed by atoms with E-state index >= 15 is 0 Å². The summed E-state index contributed by atoms with van der Waals surface area (Å²) >= 11 is 11.7. The van der Waals surface area contributed by atoms with Crippen molar-refractivity contribution in [1.82, 2.24) is 0 Å². The molecule has 3 aromatic carbocycles. The van der Waals surface area contributed by atoms with Crippen molar-refractivity contribution < 1.29 is 32.0 Å². The van der Waals surface area contributed by atoms with Crippen LogP contribution in [0.25, 0.3) is 0 Å². The second-order valence-corrected chi connectivity index (χ2v) is 14.3. The van der Waals surface area contributed by atoms with Crippen LogP contribution in [0, 0.1) is 21.4 Å². The van der Waals surface area contributed by atoms with Crippen LogP contribution in [0.3, 0.4) is 0 Å². The molecule has 1 N–H and O–H groups in total. The van der Waals surface area contributed by atoms with Gasteiger partial charge in [0.2, 0.25) is 0 Å². The maximum Gasteiger partial charge on any atom is 0.345 e. The summed E-state index contributed by atoms with van der Waals surface area (Å²) in [5, 5.41) is 0. The van der Waals surface area contributed by atoms with Crippen LogP contribution in [0.15, 0.2) is 47.4 Å². The SMILES string of the molecule is O=C(Oc1ccccc1)c1c(I)c(I)c(I)c(I)c1C(=O)Oc1cc(I)c(S(=O)(=O)O)c(I)c1. The maximum atomic E-state index is 13.3. The number of esters is 2. The number of halogens is 6. The second-order valence-electron chi connectivity index (χ2n) is 6.29. The summed E-state index contributed by atoms with van der Waals surface area (Å²) in [6, 6.07) is 11.1. The van der Waals surface area contributed by atoms with Gasteiger partial charge >= 0.3 is 11.9 Å². The zero-order valence-electron chi connectivity index (χ0n) is 16.1.